The number of carboxylic acids is 1. The van der Waals surface area contributed by atoms with Gasteiger partial charge in [0.05, 0.1) is 5.41 Å². The summed E-state index contributed by atoms with van der Waals surface area (Å²) in [7, 11) is 0. The van der Waals surface area contributed by atoms with E-state index in [2.05, 4.69) is 26.1 Å². The van der Waals surface area contributed by atoms with Crippen LogP contribution in [0.15, 0.2) is 0 Å². The Morgan fingerprint density at radius 3 is 1.79 bits per heavy atom. The summed E-state index contributed by atoms with van der Waals surface area (Å²) >= 11 is 0. The van der Waals surface area contributed by atoms with Crippen molar-refractivity contribution in [1.82, 2.24) is 5.32 Å². The SMILES string of the molecule is CC(CC(=O)NC(C)(C)C(C)(C)C(=O)O)C(C)(C)C. The highest BCUT2D eigenvalue weighted by Crippen LogP contribution is 2.32. The van der Waals surface area contributed by atoms with Crippen molar-refractivity contribution in [2.45, 2.75) is 67.3 Å². The van der Waals surface area contributed by atoms with Crippen molar-refractivity contribution in [2.24, 2.45) is 16.7 Å². The van der Waals surface area contributed by atoms with E-state index in [9.17, 15) is 14.7 Å². The van der Waals surface area contributed by atoms with Crippen molar-refractivity contribution in [3.05, 3.63) is 0 Å². The topological polar surface area (TPSA) is 66.4 Å². The molecule has 0 aliphatic rings. The second kappa shape index (κ2) is 5.51. The maximum absolute atomic E-state index is 12.1. The van der Waals surface area contributed by atoms with Crippen LogP contribution < -0.4 is 5.32 Å². The van der Waals surface area contributed by atoms with Gasteiger partial charge in [-0.25, -0.2) is 0 Å². The third-order valence-corrected chi connectivity index (χ3v) is 4.52. The number of carbonyl (C=O) groups is 2. The summed E-state index contributed by atoms with van der Waals surface area (Å²) in [6.07, 6.45) is 0.405. The van der Waals surface area contributed by atoms with Gasteiger partial charge < -0.3 is 10.4 Å². The Hall–Kier alpha value is -1.06. The molecular weight excluding hydrogens is 242 g/mol. The van der Waals surface area contributed by atoms with Crippen molar-refractivity contribution < 1.29 is 14.7 Å². The van der Waals surface area contributed by atoms with Gasteiger partial charge in [0.25, 0.3) is 0 Å². The molecule has 0 saturated carbocycles. The van der Waals surface area contributed by atoms with Crippen LogP contribution in [-0.4, -0.2) is 22.5 Å². The molecule has 0 spiro atoms. The average molecular weight is 271 g/mol. The highest BCUT2D eigenvalue weighted by molar-refractivity contribution is 5.80. The summed E-state index contributed by atoms with van der Waals surface area (Å²) in [6, 6.07) is 0. The smallest absolute Gasteiger partial charge is 0.311 e. The number of rotatable bonds is 5. The lowest BCUT2D eigenvalue weighted by atomic mass is 9.74. The predicted molar refractivity (Wildman–Crippen MR) is 76.9 cm³/mol. The Bertz CT molecular complexity index is 351. The molecule has 0 fully saturated rings. The van der Waals surface area contributed by atoms with E-state index in [1.807, 2.05) is 6.92 Å². The molecule has 0 heterocycles. The highest BCUT2D eigenvalue weighted by atomic mass is 16.4. The number of carboxylic acid groups (broad SMARTS) is 1. The van der Waals surface area contributed by atoms with Gasteiger partial charge in [-0.2, -0.15) is 0 Å². The van der Waals surface area contributed by atoms with E-state index >= 15 is 0 Å². The van der Waals surface area contributed by atoms with Crippen molar-refractivity contribution in [3.8, 4) is 0 Å². The number of carbonyl (C=O) groups excluding carboxylic acids is 1. The van der Waals surface area contributed by atoms with Gasteiger partial charge in [0.2, 0.25) is 5.91 Å². The maximum Gasteiger partial charge on any atom is 0.311 e. The van der Waals surface area contributed by atoms with E-state index in [-0.39, 0.29) is 17.2 Å². The van der Waals surface area contributed by atoms with Crippen LogP contribution in [0.1, 0.15) is 61.8 Å². The van der Waals surface area contributed by atoms with E-state index < -0.39 is 16.9 Å². The Labute approximate surface area is 117 Å². The lowest BCUT2D eigenvalue weighted by molar-refractivity contribution is -0.151. The molecule has 0 aromatic rings. The van der Waals surface area contributed by atoms with Gasteiger partial charge in [0, 0.05) is 12.0 Å². The van der Waals surface area contributed by atoms with E-state index in [4.69, 9.17) is 0 Å². The number of hydrogen-bond acceptors (Lipinski definition) is 2. The fraction of sp³-hybridized carbons (Fsp3) is 0.867. The molecule has 4 nitrogen and oxygen atoms in total. The lowest BCUT2D eigenvalue weighted by Gasteiger charge is -2.39. The molecule has 0 bridgehead atoms. The third-order valence-electron chi connectivity index (χ3n) is 4.52. The zero-order valence-corrected chi connectivity index (χ0v) is 13.5. The molecule has 19 heavy (non-hydrogen) atoms. The summed E-state index contributed by atoms with van der Waals surface area (Å²) in [6.45, 7) is 15.1. The molecule has 0 saturated heterocycles. The molecule has 1 atom stereocenters. The van der Waals surface area contributed by atoms with Crippen LogP contribution >= 0.6 is 0 Å². The van der Waals surface area contributed by atoms with Gasteiger partial charge in [-0.05, 0) is 39.0 Å². The van der Waals surface area contributed by atoms with E-state index in [1.165, 1.54) is 0 Å². The van der Waals surface area contributed by atoms with Gasteiger partial charge in [-0.3, -0.25) is 9.59 Å². The second-order valence-corrected chi connectivity index (χ2v) is 7.57. The highest BCUT2D eigenvalue weighted by Gasteiger charge is 2.44. The number of nitrogens with one attached hydrogen (secondary N) is 1. The minimum Gasteiger partial charge on any atom is -0.481 e. The first-order valence-electron chi connectivity index (χ1n) is 6.76. The largest absolute Gasteiger partial charge is 0.481 e. The molecule has 1 unspecified atom stereocenters. The summed E-state index contributed by atoms with van der Waals surface area (Å²) in [5.74, 6) is -0.778. The van der Waals surface area contributed by atoms with Crippen LogP contribution in [0, 0.1) is 16.7 Å². The summed E-state index contributed by atoms with van der Waals surface area (Å²) in [4.78, 5) is 23.4. The van der Waals surface area contributed by atoms with Crippen LogP contribution in [-0.2, 0) is 9.59 Å². The molecule has 0 aliphatic carbocycles. The third kappa shape index (κ3) is 4.51. The Morgan fingerprint density at radius 2 is 1.47 bits per heavy atom. The van der Waals surface area contributed by atoms with Crippen molar-refractivity contribution in [2.75, 3.05) is 0 Å². The zero-order chi connectivity index (χ0) is 15.6. The zero-order valence-electron chi connectivity index (χ0n) is 13.5. The van der Waals surface area contributed by atoms with Crippen molar-refractivity contribution >= 4 is 11.9 Å². The normalized spacial score (nSPS) is 14.9. The summed E-state index contributed by atoms with van der Waals surface area (Å²) < 4.78 is 0. The van der Waals surface area contributed by atoms with Crippen LogP contribution in [0.25, 0.3) is 0 Å². The van der Waals surface area contributed by atoms with E-state index in [0.29, 0.717) is 6.42 Å². The monoisotopic (exact) mass is 271 g/mol. The summed E-state index contributed by atoms with van der Waals surface area (Å²) in [5.41, 5.74) is -1.76. The summed E-state index contributed by atoms with van der Waals surface area (Å²) in [5, 5.41) is 12.1. The van der Waals surface area contributed by atoms with E-state index in [0.717, 1.165) is 0 Å². The molecule has 112 valence electrons. The first kappa shape index (κ1) is 17.9. The molecule has 0 rings (SSSR count). The van der Waals surface area contributed by atoms with Crippen molar-refractivity contribution in [3.63, 3.8) is 0 Å². The molecule has 4 heteroatoms. The van der Waals surface area contributed by atoms with Crippen LogP contribution in [0.3, 0.4) is 0 Å². The van der Waals surface area contributed by atoms with Crippen molar-refractivity contribution in [1.29, 1.82) is 0 Å². The second-order valence-electron chi connectivity index (χ2n) is 7.57. The molecule has 0 radical (unpaired) electrons. The Kier molecular flexibility index (Phi) is 5.21. The predicted octanol–water partition coefficient (Wildman–Crippen LogP) is 3.06. The molecule has 0 aromatic carbocycles. The molecule has 0 aromatic heterocycles. The molecule has 0 aliphatic heterocycles. The van der Waals surface area contributed by atoms with E-state index in [1.54, 1.807) is 27.7 Å². The Morgan fingerprint density at radius 1 is 1.05 bits per heavy atom. The van der Waals surface area contributed by atoms with Crippen LogP contribution in [0.4, 0.5) is 0 Å². The number of hydrogen-bond donors (Lipinski definition) is 2. The van der Waals surface area contributed by atoms with Crippen LogP contribution in [0.2, 0.25) is 0 Å². The first-order valence-corrected chi connectivity index (χ1v) is 6.76. The fourth-order valence-electron chi connectivity index (χ4n) is 1.41. The standard InChI is InChI=1S/C15H29NO3/c1-10(13(2,3)4)9-11(17)16-15(7,8)14(5,6)12(18)19/h10H,9H2,1-8H3,(H,16,17)(H,18,19). The van der Waals surface area contributed by atoms with Crippen LogP contribution in [0.5, 0.6) is 0 Å². The Balaban J connectivity index is 4.78. The maximum atomic E-state index is 12.1. The minimum absolute atomic E-state index is 0.0593. The van der Waals surface area contributed by atoms with Gasteiger partial charge in [-0.1, -0.05) is 27.7 Å². The van der Waals surface area contributed by atoms with Gasteiger partial charge in [-0.15, -0.1) is 0 Å². The number of amides is 1. The molecule has 1 amide bonds. The quantitative estimate of drug-likeness (QED) is 0.807. The minimum atomic E-state index is -1.02. The fourth-order valence-corrected chi connectivity index (χ4v) is 1.41. The van der Waals surface area contributed by atoms with Gasteiger partial charge >= 0.3 is 5.97 Å². The average Bonchev–Trinajstić information content (AvgIpc) is 2.13. The molecular formula is C15H29NO3. The number of aliphatic carboxylic acids is 1. The lowest BCUT2D eigenvalue weighted by Crippen LogP contribution is -2.57. The van der Waals surface area contributed by atoms with Gasteiger partial charge in [0.1, 0.15) is 0 Å². The van der Waals surface area contributed by atoms with Gasteiger partial charge in [0.15, 0.2) is 0 Å². The first-order chi connectivity index (χ1) is 8.22. The molecule has 2 N–H and O–H groups in total.